The summed E-state index contributed by atoms with van der Waals surface area (Å²) >= 11 is 0. The predicted molar refractivity (Wildman–Crippen MR) is 91.3 cm³/mol. The molecule has 0 aliphatic heterocycles. The van der Waals surface area contributed by atoms with Crippen LogP contribution in [0.3, 0.4) is 0 Å². The third-order valence-electron chi connectivity index (χ3n) is 3.62. The van der Waals surface area contributed by atoms with Crippen molar-refractivity contribution in [2.75, 3.05) is 11.9 Å². The van der Waals surface area contributed by atoms with E-state index in [-0.39, 0.29) is 18.3 Å². The number of amides is 1. The first-order valence-corrected chi connectivity index (χ1v) is 7.82. The molecule has 0 fully saturated rings. The van der Waals surface area contributed by atoms with Crippen molar-refractivity contribution in [2.45, 2.75) is 13.3 Å². The molecule has 0 atom stereocenters. The van der Waals surface area contributed by atoms with Crippen LogP contribution in [0.15, 0.2) is 55.1 Å². The standard InChI is InChI=1S/C18H17FN4O2/c1-2-13-3-8-17(16(9-13)23-11-20-21-12-23)25-10-18(24)22-15-6-4-14(19)5-7-15/h3-9,11-12H,2,10H2,1H3,(H,22,24). The molecular weight excluding hydrogens is 323 g/mol. The van der Waals surface area contributed by atoms with E-state index in [9.17, 15) is 9.18 Å². The molecule has 25 heavy (non-hydrogen) atoms. The van der Waals surface area contributed by atoms with Gasteiger partial charge in [0.05, 0.1) is 5.69 Å². The number of hydrogen-bond donors (Lipinski definition) is 1. The van der Waals surface area contributed by atoms with Crippen LogP contribution in [0.1, 0.15) is 12.5 Å². The Hall–Kier alpha value is -3.22. The zero-order valence-corrected chi connectivity index (χ0v) is 13.6. The van der Waals surface area contributed by atoms with E-state index in [1.165, 1.54) is 24.3 Å². The average molecular weight is 340 g/mol. The summed E-state index contributed by atoms with van der Waals surface area (Å²) in [6.07, 6.45) is 4.01. The van der Waals surface area contributed by atoms with E-state index in [1.807, 2.05) is 18.2 Å². The lowest BCUT2D eigenvalue weighted by atomic mass is 10.1. The SMILES string of the molecule is CCc1ccc(OCC(=O)Nc2ccc(F)cc2)c(-n2cnnc2)c1. The number of aromatic nitrogens is 3. The molecule has 7 heteroatoms. The molecule has 1 aromatic heterocycles. The van der Waals surface area contributed by atoms with E-state index >= 15 is 0 Å². The zero-order chi connectivity index (χ0) is 17.6. The monoisotopic (exact) mass is 340 g/mol. The first-order valence-electron chi connectivity index (χ1n) is 7.82. The number of nitrogens with one attached hydrogen (secondary N) is 1. The third kappa shape index (κ3) is 4.20. The van der Waals surface area contributed by atoms with Crippen LogP contribution in [0, 0.1) is 5.82 Å². The fraction of sp³-hybridized carbons (Fsp3) is 0.167. The highest BCUT2D eigenvalue weighted by molar-refractivity contribution is 5.91. The molecule has 1 heterocycles. The van der Waals surface area contributed by atoms with Gasteiger partial charge >= 0.3 is 0 Å². The summed E-state index contributed by atoms with van der Waals surface area (Å²) in [5.74, 6) is -0.143. The van der Waals surface area contributed by atoms with Crippen LogP contribution in [-0.2, 0) is 11.2 Å². The molecule has 0 unspecified atom stereocenters. The van der Waals surface area contributed by atoms with Gasteiger partial charge in [-0.15, -0.1) is 10.2 Å². The number of carbonyl (C=O) groups is 1. The maximum Gasteiger partial charge on any atom is 0.262 e. The lowest BCUT2D eigenvalue weighted by Crippen LogP contribution is -2.20. The third-order valence-corrected chi connectivity index (χ3v) is 3.62. The van der Waals surface area contributed by atoms with Gasteiger partial charge in [-0.3, -0.25) is 9.36 Å². The zero-order valence-electron chi connectivity index (χ0n) is 13.6. The second-order valence-corrected chi connectivity index (χ2v) is 5.37. The van der Waals surface area contributed by atoms with Crippen molar-refractivity contribution >= 4 is 11.6 Å². The van der Waals surface area contributed by atoms with Crippen molar-refractivity contribution in [3.05, 3.63) is 66.5 Å². The lowest BCUT2D eigenvalue weighted by Gasteiger charge is -2.13. The quantitative estimate of drug-likeness (QED) is 0.749. The minimum absolute atomic E-state index is 0.169. The Labute approximate surface area is 144 Å². The van der Waals surface area contributed by atoms with Crippen LogP contribution >= 0.6 is 0 Å². The number of anilines is 1. The maximum atomic E-state index is 12.9. The average Bonchev–Trinajstić information content (AvgIpc) is 3.16. The summed E-state index contributed by atoms with van der Waals surface area (Å²) in [5.41, 5.74) is 2.40. The molecular formula is C18H17FN4O2. The van der Waals surface area contributed by atoms with Gasteiger partial charge in [0.2, 0.25) is 0 Å². The number of hydrogen-bond acceptors (Lipinski definition) is 4. The Kier molecular flexibility index (Phi) is 5.03. The molecule has 0 radical (unpaired) electrons. The number of halogens is 1. The Morgan fingerprint density at radius 2 is 1.88 bits per heavy atom. The minimum Gasteiger partial charge on any atom is -0.482 e. The van der Waals surface area contributed by atoms with Gasteiger partial charge in [0.25, 0.3) is 5.91 Å². The van der Waals surface area contributed by atoms with Gasteiger partial charge in [0.15, 0.2) is 6.61 Å². The highest BCUT2D eigenvalue weighted by Crippen LogP contribution is 2.24. The van der Waals surface area contributed by atoms with Gasteiger partial charge in [-0.2, -0.15) is 0 Å². The highest BCUT2D eigenvalue weighted by atomic mass is 19.1. The van der Waals surface area contributed by atoms with Crippen molar-refractivity contribution in [2.24, 2.45) is 0 Å². The van der Waals surface area contributed by atoms with Gasteiger partial charge in [-0.25, -0.2) is 4.39 Å². The van der Waals surface area contributed by atoms with Gasteiger partial charge < -0.3 is 10.1 Å². The molecule has 0 aliphatic carbocycles. The van der Waals surface area contributed by atoms with Crippen molar-refractivity contribution < 1.29 is 13.9 Å². The van der Waals surface area contributed by atoms with Crippen LogP contribution in [-0.4, -0.2) is 27.3 Å². The van der Waals surface area contributed by atoms with E-state index in [0.29, 0.717) is 11.4 Å². The minimum atomic E-state index is -0.358. The molecule has 1 amide bonds. The van der Waals surface area contributed by atoms with Crippen LogP contribution in [0.4, 0.5) is 10.1 Å². The molecule has 3 rings (SSSR count). The molecule has 6 nitrogen and oxygen atoms in total. The molecule has 0 saturated heterocycles. The number of carbonyl (C=O) groups excluding carboxylic acids is 1. The summed E-state index contributed by atoms with van der Waals surface area (Å²) in [6, 6.07) is 11.3. The highest BCUT2D eigenvalue weighted by Gasteiger charge is 2.10. The Morgan fingerprint density at radius 3 is 2.56 bits per heavy atom. The molecule has 0 aliphatic rings. The first-order chi connectivity index (χ1) is 12.2. The summed E-state index contributed by atoms with van der Waals surface area (Å²) in [7, 11) is 0. The Morgan fingerprint density at radius 1 is 1.16 bits per heavy atom. The Balaban J connectivity index is 1.70. The molecule has 0 bridgehead atoms. The van der Waals surface area contributed by atoms with Gasteiger partial charge in [-0.05, 0) is 48.4 Å². The molecule has 3 aromatic rings. The number of ether oxygens (including phenoxy) is 1. The van der Waals surface area contributed by atoms with Crippen molar-refractivity contribution in [1.82, 2.24) is 14.8 Å². The normalized spacial score (nSPS) is 10.5. The van der Waals surface area contributed by atoms with Crippen molar-refractivity contribution in [1.29, 1.82) is 0 Å². The number of nitrogens with zero attached hydrogens (tertiary/aromatic N) is 3. The first kappa shape index (κ1) is 16.6. The van der Waals surface area contributed by atoms with Crippen molar-refractivity contribution in [3.63, 3.8) is 0 Å². The van der Waals surface area contributed by atoms with E-state index in [2.05, 4.69) is 22.4 Å². The topological polar surface area (TPSA) is 69.0 Å². The van der Waals surface area contributed by atoms with E-state index < -0.39 is 0 Å². The summed E-state index contributed by atoms with van der Waals surface area (Å²) in [5, 5.41) is 10.3. The molecule has 1 N–H and O–H groups in total. The maximum absolute atomic E-state index is 12.9. The predicted octanol–water partition coefficient (Wildman–Crippen LogP) is 2.99. The summed E-state index contributed by atoms with van der Waals surface area (Å²) in [4.78, 5) is 12.0. The van der Waals surface area contributed by atoms with Gasteiger partial charge in [0.1, 0.15) is 24.2 Å². The largest absolute Gasteiger partial charge is 0.482 e. The Bertz CT molecular complexity index is 848. The fourth-order valence-electron chi connectivity index (χ4n) is 2.31. The fourth-order valence-corrected chi connectivity index (χ4v) is 2.31. The number of rotatable bonds is 6. The van der Waals surface area contributed by atoms with E-state index in [4.69, 9.17) is 4.74 Å². The van der Waals surface area contributed by atoms with E-state index in [1.54, 1.807) is 17.2 Å². The van der Waals surface area contributed by atoms with Crippen LogP contribution in [0.5, 0.6) is 5.75 Å². The lowest BCUT2D eigenvalue weighted by molar-refractivity contribution is -0.118. The second kappa shape index (κ2) is 7.57. The molecule has 2 aromatic carbocycles. The van der Waals surface area contributed by atoms with Gasteiger partial charge in [0, 0.05) is 5.69 Å². The molecule has 128 valence electrons. The van der Waals surface area contributed by atoms with E-state index in [0.717, 1.165) is 17.7 Å². The van der Waals surface area contributed by atoms with Crippen LogP contribution in [0.2, 0.25) is 0 Å². The summed E-state index contributed by atoms with van der Waals surface area (Å²) < 4.78 is 20.3. The number of aryl methyl sites for hydroxylation is 1. The number of benzene rings is 2. The molecule has 0 saturated carbocycles. The second-order valence-electron chi connectivity index (χ2n) is 5.37. The van der Waals surface area contributed by atoms with Gasteiger partial charge in [-0.1, -0.05) is 13.0 Å². The van der Waals surface area contributed by atoms with Crippen LogP contribution in [0.25, 0.3) is 5.69 Å². The van der Waals surface area contributed by atoms with Crippen LogP contribution < -0.4 is 10.1 Å². The molecule has 0 spiro atoms. The summed E-state index contributed by atoms with van der Waals surface area (Å²) in [6.45, 7) is 1.89. The van der Waals surface area contributed by atoms with Crippen molar-refractivity contribution in [3.8, 4) is 11.4 Å². The smallest absolute Gasteiger partial charge is 0.262 e.